The van der Waals surface area contributed by atoms with Gasteiger partial charge < -0.3 is 9.72 Å². The van der Waals surface area contributed by atoms with Crippen molar-refractivity contribution in [2.75, 3.05) is 7.11 Å². The summed E-state index contributed by atoms with van der Waals surface area (Å²) in [7, 11) is 1.60. The number of H-pyrrole nitrogens is 1. The van der Waals surface area contributed by atoms with Crippen molar-refractivity contribution in [1.82, 2.24) is 9.97 Å². The molecule has 0 unspecified atom stereocenters. The molecular weight excluding hydrogens is 332 g/mol. The van der Waals surface area contributed by atoms with Crippen molar-refractivity contribution in [3.63, 3.8) is 0 Å². The molecule has 2 aromatic rings. The van der Waals surface area contributed by atoms with Crippen LogP contribution in [0.1, 0.15) is 36.3 Å². The fourth-order valence-electron chi connectivity index (χ4n) is 2.91. The van der Waals surface area contributed by atoms with Crippen molar-refractivity contribution in [2.45, 2.75) is 31.3 Å². The maximum absolute atomic E-state index is 12.2. The quantitative estimate of drug-likeness (QED) is 0.923. The number of hydrogen-bond acceptors (Lipinski definition) is 3. The van der Waals surface area contributed by atoms with Crippen LogP contribution < -0.4 is 5.56 Å². The van der Waals surface area contributed by atoms with E-state index in [-0.39, 0.29) is 11.0 Å². The molecule has 3 rings (SSSR count). The molecule has 1 aromatic carbocycles. The molecule has 0 spiro atoms. The van der Waals surface area contributed by atoms with Gasteiger partial charge in [0.1, 0.15) is 10.3 Å². The van der Waals surface area contributed by atoms with E-state index < -0.39 is 0 Å². The van der Waals surface area contributed by atoms with Crippen molar-refractivity contribution in [1.29, 1.82) is 0 Å². The van der Waals surface area contributed by atoms with Gasteiger partial charge in [0.25, 0.3) is 5.56 Å². The molecule has 1 N–H and O–H groups in total. The van der Waals surface area contributed by atoms with Crippen LogP contribution in [-0.4, -0.2) is 17.1 Å². The van der Waals surface area contributed by atoms with E-state index >= 15 is 0 Å². The number of nitrogens with one attached hydrogen (secondary N) is 1. The molecule has 1 heterocycles. The average molecular weight is 349 g/mol. The molecule has 110 valence electrons. The lowest BCUT2D eigenvalue weighted by atomic mass is 9.64. The van der Waals surface area contributed by atoms with Crippen LogP contribution in [0.3, 0.4) is 0 Å². The van der Waals surface area contributed by atoms with E-state index in [0.29, 0.717) is 16.8 Å². The lowest BCUT2D eigenvalue weighted by Crippen LogP contribution is -2.39. The third kappa shape index (κ3) is 2.45. The molecular formula is C16H17BrN2O2. The third-order valence-corrected chi connectivity index (χ3v) is 5.02. The van der Waals surface area contributed by atoms with Gasteiger partial charge >= 0.3 is 0 Å². The second-order valence-corrected chi connectivity index (χ2v) is 6.20. The lowest BCUT2D eigenvalue weighted by molar-refractivity contribution is 0.179. The standard InChI is InChI=1S/C16H17BrN2O2/c1-21-10-12-13(17)14(20)19-15(18-12)16(8-5-9-16)11-6-3-2-4-7-11/h2-4,6-7H,5,8-10H2,1H3,(H,18,19,20). The molecule has 1 aliphatic carbocycles. The van der Waals surface area contributed by atoms with Crippen molar-refractivity contribution in [2.24, 2.45) is 0 Å². The summed E-state index contributed by atoms with van der Waals surface area (Å²) < 4.78 is 5.60. The SMILES string of the molecule is COCc1nc(C2(c3ccccc3)CCC2)[nH]c(=O)c1Br. The number of hydrogen-bond donors (Lipinski definition) is 1. The normalized spacial score (nSPS) is 16.5. The number of methoxy groups -OCH3 is 1. The van der Waals surface area contributed by atoms with Gasteiger partial charge in [-0.25, -0.2) is 4.98 Å². The largest absolute Gasteiger partial charge is 0.378 e. The molecule has 1 aliphatic rings. The molecule has 1 fully saturated rings. The van der Waals surface area contributed by atoms with Gasteiger partial charge in [0.15, 0.2) is 0 Å². The van der Waals surface area contributed by atoms with E-state index in [2.05, 4.69) is 38.0 Å². The first kappa shape index (κ1) is 14.5. The number of rotatable bonds is 4. The minimum absolute atomic E-state index is 0.144. The number of benzene rings is 1. The van der Waals surface area contributed by atoms with Gasteiger partial charge in [0.2, 0.25) is 0 Å². The Hall–Kier alpha value is -1.46. The number of aromatic nitrogens is 2. The Morgan fingerprint density at radius 2 is 2.05 bits per heavy atom. The molecule has 1 aromatic heterocycles. The predicted molar refractivity (Wildman–Crippen MR) is 84.3 cm³/mol. The third-order valence-electron chi connectivity index (χ3n) is 4.20. The first-order chi connectivity index (χ1) is 10.2. The van der Waals surface area contributed by atoms with Crippen molar-refractivity contribution >= 4 is 15.9 Å². The summed E-state index contributed by atoms with van der Waals surface area (Å²) in [5.41, 5.74) is 1.56. The Kier molecular flexibility index (Phi) is 3.95. The highest BCUT2D eigenvalue weighted by atomic mass is 79.9. The second-order valence-electron chi connectivity index (χ2n) is 5.41. The first-order valence-corrected chi connectivity index (χ1v) is 7.80. The highest BCUT2D eigenvalue weighted by Crippen LogP contribution is 2.47. The first-order valence-electron chi connectivity index (χ1n) is 7.01. The van der Waals surface area contributed by atoms with Crippen LogP contribution in [0.25, 0.3) is 0 Å². The van der Waals surface area contributed by atoms with Gasteiger partial charge in [0.05, 0.1) is 17.7 Å². The van der Waals surface area contributed by atoms with E-state index in [1.165, 1.54) is 5.56 Å². The number of halogens is 1. The lowest BCUT2D eigenvalue weighted by Gasteiger charge is -2.41. The molecule has 1 saturated carbocycles. The monoisotopic (exact) mass is 348 g/mol. The molecule has 4 nitrogen and oxygen atoms in total. The minimum Gasteiger partial charge on any atom is -0.378 e. The zero-order valence-corrected chi connectivity index (χ0v) is 13.4. The van der Waals surface area contributed by atoms with E-state index in [0.717, 1.165) is 25.1 Å². The predicted octanol–water partition coefficient (Wildman–Crippen LogP) is 3.15. The Morgan fingerprint density at radius 3 is 2.62 bits per heavy atom. The van der Waals surface area contributed by atoms with Crippen LogP contribution in [0, 0.1) is 0 Å². The van der Waals surface area contributed by atoms with E-state index in [9.17, 15) is 4.79 Å². The summed E-state index contributed by atoms with van der Waals surface area (Å²) >= 11 is 3.29. The number of nitrogens with zero attached hydrogens (tertiary/aromatic N) is 1. The molecule has 0 atom stereocenters. The summed E-state index contributed by atoms with van der Waals surface area (Å²) in [6, 6.07) is 10.3. The Bertz CT molecular complexity index is 693. The summed E-state index contributed by atoms with van der Waals surface area (Å²) in [5, 5.41) is 0. The Balaban J connectivity index is 2.12. The molecule has 5 heteroatoms. The molecule has 0 aliphatic heterocycles. The highest BCUT2D eigenvalue weighted by Gasteiger charge is 2.42. The van der Waals surface area contributed by atoms with Crippen LogP contribution in [0.15, 0.2) is 39.6 Å². The van der Waals surface area contributed by atoms with Gasteiger partial charge in [-0.15, -0.1) is 0 Å². The van der Waals surface area contributed by atoms with E-state index in [1.807, 2.05) is 18.2 Å². The molecule has 0 amide bonds. The van der Waals surface area contributed by atoms with Crippen LogP contribution in [0.4, 0.5) is 0 Å². The van der Waals surface area contributed by atoms with Gasteiger partial charge in [-0.3, -0.25) is 4.79 Å². The van der Waals surface area contributed by atoms with E-state index in [1.54, 1.807) is 7.11 Å². The number of aromatic amines is 1. The maximum Gasteiger partial charge on any atom is 0.265 e. The second kappa shape index (κ2) is 5.73. The zero-order chi connectivity index (χ0) is 14.9. The fraction of sp³-hybridized carbons (Fsp3) is 0.375. The van der Waals surface area contributed by atoms with Gasteiger partial charge in [-0.1, -0.05) is 36.8 Å². The van der Waals surface area contributed by atoms with Gasteiger partial charge in [-0.2, -0.15) is 0 Å². The summed E-state index contributed by atoms with van der Waals surface area (Å²) in [5.74, 6) is 0.750. The van der Waals surface area contributed by atoms with Crippen LogP contribution in [0.5, 0.6) is 0 Å². The maximum atomic E-state index is 12.2. The van der Waals surface area contributed by atoms with Crippen molar-refractivity contribution in [3.05, 3.63) is 62.2 Å². The highest BCUT2D eigenvalue weighted by molar-refractivity contribution is 9.10. The van der Waals surface area contributed by atoms with Crippen LogP contribution in [-0.2, 0) is 16.8 Å². The van der Waals surface area contributed by atoms with Gasteiger partial charge in [0, 0.05) is 7.11 Å². The molecule has 0 radical (unpaired) electrons. The van der Waals surface area contributed by atoms with Crippen LogP contribution in [0.2, 0.25) is 0 Å². The Morgan fingerprint density at radius 1 is 1.33 bits per heavy atom. The zero-order valence-electron chi connectivity index (χ0n) is 11.9. The molecule has 0 bridgehead atoms. The Labute approximate surface area is 131 Å². The van der Waals surface area contributed by atoms with E-state index in [4.69, 9.17) is 4.74 Å². The van der Waals surface area contributed by atoms with Crippen molar-refractivity contribution in [3.8, 4) is 0 Å². The minimum atomic E-state index is -0.163. The average Bonchev–Trinajstić information content (AvgIpc) is 2.44. The topological polar surface area (TPSA) is 55.0 Å². The summed E-state index contributed by atoms with van der Waals surface area (Å²) in [6.07, 6.45) is 3.16. The summed E-state index contributed by atoms with van der Waals surface area (Å²) in [4.78, 5) is 19.8. The number of ether oxygens (including phenoxy) is 1. The molecule has 21 heavy (non-hydrogen) atoms. The molecule has 0 saturated heterocycles. The van der Waals surface area contributed by atoms with Gasteiger partial charge in [-0.05, 0) is 34.3 Å². The fourth-order valence-corrected chi connectivity index (χ4v) is 3.22. The van der Waals surface area contributed by atoms with Crippen molar-refractivity contribution < 1.29 is 4.74 Å². The van der Waals surface area contributed by atoms with Crippen LogP contribution >= 0.6 is 15.9 Å². The summed E-state index contributed by atoms with van der Waals surface area (Å²) in [6.45, 7) is 0.322. The smallest absolute Gasteiger partial charge is 0.265 e.